The van der Waals surface area contributed by atoms with Crippen molar-refractivity contribution in [3.05, 3.63) is 11.8 Å². The van der Waals surface area contributed by atoms with Crippen LogP contribution in [0.3, 0.4) is 0 Å². The monoisotopic (exact) mass is 250 g/mol. The highest BCUT2D eigenvalue weighted by atomic mass is 16.1. The van der Waals surface area contributed by atoms with E-state index in [1.165, 1.54) is 0 Å². The fourth-order valence-corrected chi connectivity index (χ4v) is 2.59. The summed E-state index contributed by atoms with van der Waals surface area (Å²) < 4.78 is 0. The molecular weight excluding hydrogens is 228 g/mol. The Kier molecular flexibility index (Phi) is 4.01. The number of hydrogen-bond donors (Lipinski definition) is 3. The van der Waals surface area contributed by atoms with Gasteiger partial charge in [-0.1, -0.05) is 26.2 Å². The van der Waals surface area contributed by atoms with Crippen LogP contribution in [0.4, 0.5) is 5.82 Å². The summed E-state index contributed by atoms with van der Waals surface area (Å²) in [4.78, 5) is 11.9. The van der Waals surface area contributed by atoms with Gasteiger partial charge in [-0.3, -0.25) is 9.89 Å². The molecule has 18 heavy (non-hydrogen) atoms. The number of hydrogen-bond acceptors (Lipinski definition) is 3. The Morgan fingerprint density at radius 2 is 2.28 bits per heavy atom. The van der Waals surface area contributed by atoms with Crippen LogP contribution in [0, 0.1) is 0 Å². The minimum Gasteiger partial charge on any atom is -0.325 e. The number of aryl methyl sites for hydroxylation is 1. The zero-order valence-electron chi connectivity index (χ0n) is 11.0. The molecule has 1 saturated carbocycles. The lowest BCUT2D eigenvalue weighted by molar-refractivity contribution is -0.117. The minimum atomic E-state index is -0.299. The van der Waals surface area contributed by atoms with Crippen LogP contribution in [0.1, 0.15) is 51.1 Å². The highest BCUT2D eigenvalue weighted by Crippen LogP contribution is 2.30. The van der Waals surface area contributed by atoms with Gasteiger partial charge in [0, 0.05) is 23.7 Å². The predicted octanol–water partition coefficient (Wildman–Crippen LogP) is 1.96. The quantitative estimate of drug-likeness (QED) is 0.747. The zero-order valence-corrected chi connectivity index (χ0v) is 11.0. The van der Waals surface area contributed by atoms with Gasteiger partial charge in [-0.05, 0) is 19.3 Å². The van der Waals surface area contributed by atoms with Gasteiger partial charge in [0.1, 0.15) is 0 Å². The van der Waals surface area contributed by atoms with Crippen LogP contribution in [0.2, 0.25) is 0 Å². The van der Waals surface area contributed by atoms with Gasteiger partial charge in [0.05, 0.1) is 0 Å². The molecule has 1 fully saturated rings. The van der Waals surface area contributed by atoms with Crippen LogP contribution < -0.4 is 11.1 Å². The van der Waals surface area contributed by atoms with Crippen LogP contribution >= 0.6 is 0 Å². The fourth-order valence-electron chi connectivity index (χ4n) is 2.59. The molecule has 0 aliphatic heterocycles. The molecule has 5 nitrogen and oxygen atoms in total. The number of carbonyl (C=O) groups excluding carboxylic acids is 1. The number of nitrogens with zero attached hydrogens (tertiary/aromatic N) is 1. The summed E-state index contributed by atoms with van der Waals surface area (Å²) in [6.45, 7) is 2.11. The molecule has 100 valence electrons. The molecule has 0 bridgehead atoms. The number of carbonyl (C=O) groups is 1. The lowest BCUT2D eigenvalue weighted by atomic mass is 9.94. The fraction of sp³-hybridized carbons (Fsp3) is 0.692. The van der Waals surface area contributed by atoms with Crippen LogP contribution in [-0.4, -0.2) is 21.6 Å². The molecule has 1 amide bonds. The summed E-state index contributed by atoms with van der Waals surface area (Å²) in [6, 6.07) is 1.89. The smallest absolute Gasteiger partial charge is 0.227 e. The number of aromatic nitrogens is 2. The molecular formula is C13H22N4O. The summed E-state index contributed by atoms with van der Waals surface area (Å²) in [5.41, 5.74) is 6.93. The number of aromatic amines is 1. The molecule has 0 aromatic carbocycles. The molecule has 4 N–H and O–H groups in total. The first-order chi connectivity index (χ1) is 8.61. The average Bonchev–Trinajstić information content (AvgIpc) is 2.89. The standard InChI is InChI=1S/C13H22N4O/c1-2-5-10-8-11(17-16-10)15-12(18)9-13(14)6-3-4-7-13/h8H,2-7,9,14H2,1H3,(H2,15,16,17,18). The lowest BCUT2D eigenvalue weighted by Crippen LogP contribution is -2.40. The predicted molar refractivity (Wildman–Crippen MR) is 71.2 cm³/mol. The van der Waals surface area contributed by atoms with Crippen molar-refractivity contribution in [2.45, 2.75) is 57.4 Å². The van der Waals surface area contributed by atoms with Gasteiger partial charge in [-0.15, -0.1) is 0 Å². The first-order valence-corrected chi connectivity index (χ1v) is 6.74. The number of rotatable bonds is 5. The van der Waals surface area contributed by atoms with E-state index in [4.69, 9.17) is 5.73 Å². The lowest BCUT2D eigenvalue weighted by Gasteiger charge is -2.22. The molecule has 5 heteroatoms. The van der Waals surface area contributed by atoms with Gasteiger partial charge >= 0.3 is 0 Å². The second kappa shape index (κ2) is 5.52. The maximum Gasteiger partial charge on any atom is 0.227 e. The molecule has 0 radical (unpaired) electrons. The van der Waals surface area contributed by atoms with Gasteiger partial charge in [0.25, 0.3) is 0 Å². The molecule has 0 saturated heterocycles. The molecule has 1 aliphatic carbocycles. The molecule has 1 aromatic rings. The second-order valence-electron chi connectivity index (χ2n) is 5.32. The Hall–Kier alpha value is -1.36. The van der Waals surface area contributed by atoms with Gasteiger partial charge in [0.15, 0.2) is 5.82 Å². The molecule has 2 rings (SSSR count). The van der Waals surface area contributed by atoms with Gasteiger partial charge in [0.2, 0.25) is 5.91 Å². The van der Waals surface area contributed by atoms with E-state index in [0.29, 0.717) is 12.2 Å². The molecule has 1 heterocycles. The van der Waals surface area contributed by atoms with E-state index in [2.05, 4.69) is 22.4 Å². The molecule has 1 aliphatic rings. The van der Waals surface area contributed by atoms with E-state index in [0.717, 1.165) is 44.2 Å². The zero-order chi connectivity index (χ0) is 13.0. The van der Waals surface area contributed by atoms with Crippen LogP contribution in [-0.2, 0) is 11.2 Å². The van der Waals surface area contributed by atoms with Crippen molar-refractivity contribution in [1.82, 2.24) is 10.2 Å². The van der Waals surface area contributed by atoms with Crippen molar-refractivity contribution in [3.63, 3.8) is 0 Å². The summed E-state index contributed by atoms with van der Waals surface area (Å²) in [5, 5.41) is 9.81. The van der Waals surface area contributed by atoms with E-state index < -0.39 is 0 Å². The SMILES string of the molecule is CCCc1cc(NC(=O)CC2(N)CCCC2)n[nH]1. The Bertz CT molecular complexity index is 407. The van der Waals surface area contributed by atoms with Crippen LogP contribution in [0.5, 0.6) is 0 Å². The van der Waals surface area contributed by atoms with Crippen molar-refractivity contribution in [3.8, 4) is 0 Å². The van der Waals surface area contributed by atoms with Crippen LogP contribution in [0.15, 0.2) is 6.07 Å². The Morgan fingerprint density at radius 1 is 1.56 bits per heavy atom. The first-order valence-electron chi connectivity index (χ1n) is 6.74. The Balaban J connectivity index is 1.86. The van der Waals surface area contributed by atoms with Gasteiger partial charge in [-0.2, -0.15) is 5.10 Å². The molecule has 0 spiro atoms. The molecule has 0 unspecified atom stereocenters. The van der Waals surface area contributed by atoms with E-state index in [1.807, 2.05) is 6.07 Å². The van der Waals surface area contributed by atoms with Gasteiger partial charge < -0.3 is 11.1 Å². The maximum atomic E-state index is 11.9. The van der Waals surface area contributed by atoms with Crippen molar-refractivity contribution in [2.75, 3.05) is 5.32 Å². The number of nitrogens with two attached hydrogens (primary N) is 1. The largest absolute Gasteiger partial charge is 0.325 e. The van der Waals surface area contributed by atoms with E-state index >= 15 is 0 Å². The highest BCUT2D eigenvalue weighted by Gasteiger charge is 2.31. The van der Waals surface area contributed by atoms with Crippen LogP contribution in [0.25, 0.3) is 0 Å². The van der Waals surface area contributed by atoms with Crippen molar-refractivity contribution >= 4 is 11.7 Å². The third kappa shape index (κ3) is 3.32. The second-order valence-corrected chi connectivity index (χ2v) is 5.32. The molecule has 0 atom stereocenters. The highest BCUT2D eigenvalue weighted by molar-refractivity contribution is 5.90. The third-order valence-electron chi connectivity index (χ3n) is 3.53. The van der Waals surface area contributed by atoms with Gasteiger partial charge in [-0.25, -0.2) is 0 Å². The summed E-state index contributed by atoms with van der Waals surface area (Å²) >= 11 is 0. The number of H-pyrrole nitrogens is 1. The summed E-state index contributed by atoms with van der Waals surface area (Å²) in [7, 11) is 0. The van der Waals surface area contributed by atoms with E-state index in [1.54, 1.807) is 0 Å². The Morgan fingerprint density at radius 3 is 2.94 bits per heavy atom. The maximum absolute atomic E-state index is 11.9. The minimum absolute atomic E-state index is 0.0334. The van der Waals surface area contributed by atoms with Crippen molar-refractivity contribution in [2.24, 2.45) is 5.73 Å². The van der Waals surface area contributed by atoms with E-state index in [9.17, 15) is 4.79 Å². The number of nitrogens with one attached hydrogen (secondary N) is 2. The van der Waals surface area contributed by atoms with Crippen molar-refractivity contribution in [1.29, 1.82) is 0 Å². The first kappa shape index (κ1) is 13.1. The summed E-state index contributed by atoms with van der Waals surface area (Å²) in [5.74, 6) is 0.569. The summed E-state index contributed by atoms with van der Waals surface area (Å²) in [6.07, 6.45) is 6.55. The molecule has 1 aromatic heterocycles. The topological polar surface area (TPSA) is 83.8 Å². The Labute approximate surface area is 108 Å². The third-order valence-corrected chi connectivity index (χ3v) is 3.53. The number of amides is 1. The number of anilines is 1. The van der Waals surface area contributed by atoms with Crippen molar-refractivity contribution < 1.29 is 4.79 Å². The van der Waals surface area contributed by atoms with E-state index in [-0.39, 0.29) is 11.4 Å². The average molecular weight is 250 g/mol. The normalized spacial score (nSPS) is 17.9.